The van der Waals surface area contributed by atoms with Crippen molar-refractivity contribution in [2.45, 2.75) is 44.4 Å². The van der Waals surface area contributed by atoms with Gasteiger partial charge >= 0.3 is 17.9 Å². The third-order valence-corrected chi connectivity index (χ3v) is 7.04. The zero-order valence-corrected chi connectivity index (χ0v) is 20.6. The lowest BCUT2D eigenvalue weighted by Gasteiger charge is -2.41. The van der Waals surface area contributed by atoms with Crippen LogP contribution in [0.5, 0.6) is 0 Å². The third-order valence-electron chi connectivity index (χ3n) is 7.04. The minimum Gasteiger partial charge on any atom is -0.478 e. The summed E-state index contributed by atoms with van der Waals surface area (Å²) in [5, 5.41) is 40.6. The normalized spacial score (nSPS) is 16.1. The number of aliphatic hydroxyl groups excluding tert-OH is 1. The van der Waals surface area contributed by atoms with Gasteiger partial charge in [0.2, 0.25) is 0 Å². The number of rotatable bonds is 8. The molecule has 0 radical (unpaired) electrons. The molecule has 1 aliphatic carbocycles. The highest BCUT2D eigenvalue weighted by atomic mass is 16.4. The van der Waals surface area contributed by atoms with E-state index in [0.29, 0.717) is 18.9 Å². The number of carboxylic acids is 3. The van der Waals surface area contributed by atoms with Crippen LogP contribution in [0, 0.1) is 0 Å². The zero-order valence-electron chi connectivity index (χ0n) is 20.6. The number of aliphatic hydroxyl groups is 1. The van der Waals surface area contributed by atoms with E-state index in [-0.39, 0.29) is 0 Å². The van der Waals surface area contributed by atoms with E-state index in [1.54, 1.807) is 31.2 Å². The van der Waals surface area contributed by atoms with E-state index >= 15 is 0 Å². The highest BCUT2D eigenvalue weighted by Crippen LogP contribution is 2.39. The molecule has 0 saturated heterocycles. The SMILES string of the molecule is CC(c1ccccc1)C(O)N(C(=O)c1cc(C(=O)O)c(C(=O)O)cc1C(=O)O)[C@H]1CCCc2ccccc21. The van der Waals surface area contributed by atoms with Gasteiger partial charge in [0.25, 0.3) is 5.91 Å². The van der Waals surface area contributed by atoms with Crippen LogP contribution in [0.25, 0.3) is 0 Å². The van der Waals surface area contributed by atoms with E-state index in [1.807, 2.05) is 30.3 Å². The van der Waals surface area contributed by atoms with Crippen LogP contribution >= 0.6 is 0 Å². The predicted molar refractivity (Wildman–Crippen MR) is 136 cm³/mol. The van der Waals surface area contributed by atoms with E-state index < -0.39 is 64.3 Å². The summed E-state index contributed by atoms with van der Waals surface area (Å²) in [7, 11) is 0. The molecule has 1 aliphatic rings. The van der Waals surface area contributed by atoms with Crippen molar-refractivity contribution in [3.63, 3.8) is 0 Å². The largest absolute Gasteiger partial charge is 0.478 e. The van der Waals surface area contributed by atoms with E-state index in [1.165, 1.54) is 4.90 Å². The number of nitrogens with zero attached hydrogens (tertiary/aromatic N) is 1. The van der Waals surface area contributed by atoms with Crippen LogP contribution in [0.15, 0.2) is 66.7 Å². The summed E-state index contributed by atoms with van der Waals surface area (Å²) in [5.74, 6) is -6.35. The number of hydrogen-bond acceptors (Lipinski definition) is 5. The molecule has 0 aliphatic heterocycles. The van der Waals surface area contributed by atoms with Crippen molar-refractivity contribution < 1.29 is 39.6 Å². The molecule has 0 saturated carbocycles. The average Bonchev–Trinajstić information content (AvgIpc) is 2.92. The fourth-order valence-electron chi connectivity index (χ4n) is 5.08. The van der Waals surface area contributed by atoms with Crippen molar-refractivity contribution in [2.75, 3.05) is 0 Å². The molecule has 2 unspecified atom stereocenters. The van der Waals surface area contributed by atoms with Crippen LogP contribution in [0.1, 0.15) is 89.8 Å². The first-order chi connectivity index (χ1) is 18.1. The summed E-state index contributed by atoms with van der Waals surface area (Å²) in [4.78, 5) is 51.0. The summed E-state index contributed by atoms with van der Waals surface area (Å²) in [6.45, 7) is 1.74. The summed E-state index contributed by atoms with van der Waals surface area (Å²) in [6.07, 6.45) is 0.566. The van der Waals surface area contributed by atoms with Crippen LogP contribution < -0.4 is 0 Å². The molecule has 0 fully saturated rings. The molecule has 196 valence electrons. The van der Waals surface area contributed by atoms with Gasteiger partial charge in [-0.3, -0.25) is 4.79 Å². The molecule has 3 atom stereocenters. The Labute approximate surface area is 218 Å². The zero-order chi connectivity index (χ0) is 27.6. The lowest BCUT2D eigenvalue weighted by Crippen LogP contribution is -2.47. The standard InChI is InChI=1S/C29H27NO8/c1-16(17-8-3-2-4-9-17)25(31)30(24-13-7-11-18-10-5-6-12-19(18)24)26(32)20-14-22(28(35)36)23(29(37)38)15-21(20)27(33)34/h2-6,8-10,12,14-16,24-25,31H,7,11,13H2,1H3,(H,33,34)(H,35,36)(H,37,38)/t16?,24-,25?/m0/s1. The second-order valence-corrected chi connectivity index (χ2v) is 9.29. The van der Waals surface area contributed by atoms with Gasteiger partial charge in [-0.15, -0.1) is 0 Å². The summed E-state index contributed by atoms with van der Waals surface area (Å²) in [5.41, 5.74) is -0.100. The molecule has 0 bridgehead atoms. The Balaban J connectivity index is 1.91. The van der Waals surface area contributed by atoms with Crippen molar-refractivity contribution in [1.29, 1.82) is 0 Å². The van der Waals surface area contributed by atoms with E-state index in [9.17, 15) is 39.6 Å². The topological polar surface area (TPSA) is 152 Å². The molecule has 3 aromatic carbocycles. The Morgan fingerprint density at radius 3 is 1.92 bits per heavy atom. The molecular weight excluding hydrogens is 490 g/mol. The van der Waals surface area contributed by atoms with Crippen molar-refractivity contribution >= 4 is 23.8 Å². The van der Waals surface area contributed by atoms with Gasteiger partial charge in [-0.1, -0.05) is 61.5 Å². The predicted octanol–water partition coefficient (Wildman–Crippen LogP) is 4.42. The minimum atomic E-state index is -1.64. The second kappa shape index (κ2) is 10.9. The highest BCUT2D eigenvalue weighted by Gasteiger charge is 2.38. The van der Waals surface area contributed by atoms with Gasteiger partial charge in [-0.05, 0) is 48.1 Å². The van der Waals surface area contributed by atoms with Crippen molar-refractivity contribution in [3.05, 3.63) is 106 Å². The molecule has 9 nitrogen and oxygen atoms in total. The maximum Gasteiger partial charge on any atom is 0.336 e. The maximum atomic E-state index is 14.2. The van der Waals surface area contributed by atoms with Crippen LogP contribution in [0.3, 0.4) is 0 Å². The molecular formula is C29H27NO8. The Kier molecular flexibility index (Phi) is 7.59. The highest BCUT2D eigenvalue weighted by molar-refractivity contribution is 6.10. The lowest BCUT2D eigenvalue weighted by molar-refractivity contribution is -0.0286. The van der Waals surface area contributed by atoms with Gasteiger partial charge in [0, 0.05) is 5.92 Å². The average molecular weight is 518 g/mol. The molecule has 0 spiro atoms. The summed E-state index contributed by atoms with van der Waals surface area (Å²) in [6, 6.07) is 17.3. The van der Waals surface area contributed by atoms with Crippen LogP contribution in [-0.4, -0.2) is 55.4 Å². The first-order valence-electron chi connectivity index (χ1n) is 12.1. The fraction of sp³-hybridized carbons (Fsp3) is 0.241. The fourth-order valence-corrected chi connectivity index (χ4v) is 5.08. The smallest absolute Gasteiger partial charge is 0.336 e. The number of hydrogen-bond donors (Lipinski definition) is 4. The van der Waals surface area contributed by atoms with Gasteiger partial charge in [0.1, 0.15) is 6.23 Å². The van der Waals surface area contributed by atoms with Crippen LogP contribution in [0.2, 0.25) is 0 Å². The van der Waals surface area contributed by atoms with Gasteiger partial charge in [0.05, 0.1) is 28.3 Å². The minimum absolute atomic E-state index is 0.489. The number of aromatic carboxylic acids is 3. The molecule has 0 heterocycles. The van der Waals surface area contributed by atoms with E-state index in [2.05, 4.69) is 0 Å². The molecule has 1 amide bonds. The Morgan fingerprint density at radius 1 is 0.789 bits per heavy atom. The number of carbonyl (C=O) groups excluding carboxylic acids is 1. The Morgan fingerprint density at radius 2 is 1.32 bits per heavy atom. The maximum absolute atomic E-state index is 14.2. The Hall–Kier alpha value is -4.50. The van der Waals surface area contributed by atoms with E-state index in [0.717, 1.165) is 29.2 Å². The lowest BCUT2D eigenvalue weighted by atomic mass is 9.85. The summed E-state index contributed by atoms with van der Waals surface area (Å²) >= 11 is 0. The quantitative estimate of drug-likeness (QED) is 0.320. The Bertz CT molecular complexity index is 1400. The van der Waals surface area contributed by atoms with Gasteiger partial charge in [-0.2, -0.15) is 0 Å². The van der Waals surface area contributed by atoms with Crippen molar-refractivity contribution in [2.24, 2.45) is 0 Å². The molecule has 9 heteroatoms. The van der Waals surface area contributed by atoms with Crippen molar-refractivity contribution in [1.82, 2.24) is 4.90 Å². The van der Waals surface area contributed by atoms with Gasteiger partial charge in [-0.25, -0.2) is 14.4 Å². The molecule has 0 aromatic heterocycles. The number of aryl methyl sites for hydroxylation is 1. The molecule has 3 aromatic rings. The first kappa shape index (κ1) is 26.6. The number of fused-ring (bicyclic) bond motifs is 1. The number of amides is 1. The van der Waals surface area contributed by atoms with Crippen LogP contribution in [-0.2, 0) is 6.42 Å². The third kappa shape index (κ3) is 5.01. The first-order valence-corrected chi connectivity index (χ1v) is 12.1. The monoisotopic (exact) mass is 517 g/mol. The molecule has 4 N–H and O–H groups in total. The van der Waals surface area contributed by atoms with Crippen LogP contribution in [0.4, 0.5) is 0 Å². The number of carbonyl (C=O) groups is 4. The van der Waals surface area contributed by atoms with Crippen molar-refractivity contribution in [3.8, 4) is 0 Å². The molecule has 38 heavy (non-hydrogen) atoms. The van der Waals surface area contributed by atoms with Gasteiger partial charge < -0.3 is 25.3 Å². The summed E-state index contributed by atoms with van der Waals surface area (Å²) < 4.78 is 0. The molecule has 4 rings (SSSR count). The number of benzene rings is 3. The van der Waals surface area contributed by atoms with Gasteiger partial charge in [0.15, 0.2) is 0 Å². The number of carboxylic acid groups (broad SMARTS) is 3. The second-order valence-electron chi connectivity index (χ2n) is 9.29. The van der Waals surface area contributed by atoms with E-state index in [4.69, 9.17) is 0 Å².